The fourth-order valence-electron chi connectivity index (χ4n) is 5.73. The number of nitrogens with one attached hydrogen (secondary N) is 1. The molecule has 1 amide bonds. The first-order valence-electron chi connectivity index (χ1n) is 11.3. The molecule has 0 aliphatic heterocycles. The lowest BCUT2D eigenvalue weighted by Gasteiger charge is -2.27. The molecule has 7 heteroatoms. The molecule has 2 saturated carbocycles. The van der Waals surface area contributed by atoms with Crippen molar-refractivity contribution in [3.63, 3.8) is 0 Å². The zero-order valence-corrected chi connectivity index (χ0v) is 19.1. The van der Waals surface area contributed by atoms with Crippen molar-refractivity contribution in [3.05, 3.63) is 53.4 Å². The topological polar surface area (TPSA) is 92.7 Å². The van der Waals surface area contributed by atoms with Crippen LogP contribution in [0.5, 0.6) is 0 Å². The number of esters is 1. The number of amides is 1. The fourth-order valence-corrected chi connectivity index (χ4v) is 6.68. The van der Waals surface area contributed by atoms with E-state index in [-0.39, 0.29) is 24.3 Å². The third kappa shape index (κ3) is 3.70. The normalized spacial score (nSPS) is 23.5. The molecule has 2 N–H and O–H groups in total. The maximum Gasteiger partial charge on any atom is 0.341 e. The average molecular weight is 464 g/mol. The molecule has 2 aliphatic carbocycles. The van der Waals surface area contributed by atoms with Crippen LogP contribution in [0.4, 0.5) is 5.00 Å². The van der Waals surface area contributed by atoms with E-state index in [1.165, 1.54) is 11.3 Å². The van der Waals surface area contributed by atoms with Crippen LogP contribution < -0.4 is 5.32 Å². The SMILES string of the molecule is CCOC(=O)c1c(-c2cccc3ccccc23)csc1NC(=O)[C@@H]1[C@@H]2CC[C@@H](C2)[C@@H]1C(=O)O. The van der Waals surface area contributed by atoms with Crippen LogP contribution in [0.2, 0.25) is 0 Å². The molecule has 4 atom stereocenters. The molecule has 3 aromatic rings. The molecule has 2 bridgehead atoms. The average Bonchev–Trinajstić information content (AvgIpc) is 3.53. The predicted molar refractivity (Wildman–Crippen MR) is 127 cm³/mol. The molecule has 6 nitrogen and oxygen atoms in total. The number of ether oxygens (including phenoxy) is 1. The molecule has 0 saturated heterocycles. The fraction of sp³-hybridized carbons (Fsp3) is 0.346. The Bertz CT molecular complexity index is 1240. The molecule has 0 radical (unpaired) electrons. The third-order valence-electron chi connectivity index (χ3n) is 7.09. The summed E-state index contributed by atoms with van der Waals surface area (Å²) in [6.45, 7) is 1.96. The molecule has 0 unspecified atom stereocenters. The smallest absolute Gasteiger partial charge is 0.341 e. The molecular formula is C26H25NO5S. The number of thiophene rings is 1. The van der Waals surface area contributed by atoms with E-state index < -0.39 is 23.8 Å². The summed E-state index contributed by atoms with van der Waals surface area (Å²) in [5, 5.41) is 17.0. The van der Waals surface area contributed by atoms with Gasteiger partial charge in [0.05, 0.1) is 18.4 Å². The van der Waals surface area contributed by atoms with Crippen molar-refractivity contribution >= 4 is 45.0 Å². The van der Waals surface area contributed by atoms with Gasteiger partial charge in [-0.25, -0.2) is 4.79 Å². The number of rotatable bonds is 6. The van der Waals surface area contributed by atoms with Gasteiger partial charge >= 0.3 is 11.9 Å². The number of anilines is 1. The van der Waals surface area contributed by atoms with Gasteiger partial charge in [-0.1, -0.05) is 42.5 Å². The first kappa shape index (κ1) is 21.6. The summed E-state index contributed by atoms with van der Waals surface area (Å²) in [4.78, 5) is 38.2. The van der Waals surface area contributed by atoms with Crippen LogP contribution >= 0.6 is 11.3 Å². The maximum absolute atomic E-state index is 13.3. The van der Waals surface area contributed by atoms with Crippen molar-refractivity contribution < 1.29 is 24.2 Å². The van der Waals surface area contributed by atoms with E-state index in [0.29, 0.717) is 16.1 Å². The van der Waals surface area contributed by atoms with Crippen LogP contribution in [0.3, 0.4) is 0 Å². The van der Waals surface area contributed by atoms with Gasteiger partial charge in [0.2, 0.25) is 5.91 Å². The standard InChI is InChI=1S/C26H25NO5S/c1-2-32-26(31)22-19(18-9-5-7-14-6-3-4-8-17(14)18)13-33-24(22)27-23(28)20-15-10-11-16(12-15)21(20)25(29)30/h3-9,13,15-16,20-21H,2,10-12H2,1H3,(H,27,28)(H,29,30)/t15-,16+,20-,21+/m1/s1. The molecule has 1 aromatic heterocycles. The first-order valence-corrected chi connectivity index (χ1v) is 12.2. The van der Waals surface area contributed by atoms with Gasteiger partial charge in [-0.15, -0.1) is 11.3 Å². The predicted octanol–water partition coefficient (Wildman–Crippen LogP) is 5.43. The molecule has 170 valence electrons. The van der Waals surface area contributed by atoms with E-state index in [0.717, 1.165) is 35.6 Å². The monoisotopic (exact) mass is 463 g/mol. The van der Waals surface area contributed by atoms with Crippen molar-refractivity contribution in [2.75, 3.05) is 11.9 Å². The summed E-state index contributed by atoms with van der Waals surface area (Å²) in [5.74, 6) is -2.81. The van der Waals surface area contributed by atoms with Gasteiger partial charge in [0, 0.05) is 10.9 Å². The van der Waals surface area contributed by atoms with Crippen molar-refractivity contribution in [2.45, 2.75) is 26.2 Å². The van der Waals surface area contributed by atoms with Gasteiger partial charge in [0.25, 0.3) is 0 Å². The van der Waals surface area contributed by atoms with Crippen molar-refractivity contribution in [1.82, 2.24) is 0 Å². The van der Waals surface area contributed by atoms with E-state index in [9.17, 15) is 19.5 Å². The number of carbonyl (C=O) groups excluding carboxylic acids is 2. The highest BCUT2D eigenvalue weighted by molar-refractivity contribution is 7.15. The number of aliphatic carboxylic acids is 1. The van der Waals surface area contributed by atoms with Gasteiger partial charge in [-0.2, -0.15) is 0 Å². The summed E-state index contributed by atoms with van der Waals surface area (Å²) in [6, 6.07) is 13.8. The summed E-state index contributed by atoms with van der Waals surface area (Å²) < 4.78 is 5.34. The van der Waals surface area contributed by atoms with E-state index in [1.54, 1.807) is 6.92 Å². The van der Waals surface area contributed by atoms with Crippen LogP contribution in [-0.2, 0) is 14.3 Å². The van der Waals surface area contributed by atoms with Crippen LogP contribution in [-0.4, -0.2) is 29.6 Å². The Kier molecular flexibility index (Phi) is 5.66. The highest BCUT2D eigenvalue weighted by atomic mass is 32.1. The summed E-state index contributed by atoms with van der Waals surface area (Å²) in [6.07, 6.45) is 2.53. The zero-order valence-electron chi connectivity index (χ0n) is 18.2. The summed E-state index contributed by atoms with van der Waals surface area (Å²) in [7, 11) is 0. The largest absolute Gasteiger partial charge is 0.481 e. The highest BCUT2D eigenvalue weighted by Crippen LogP contribution is 2.53. The van der Waals surface area contributed by atoms with Gasteiger partial charge in [0.1, 0.15) is 10.6 Å². The Morgan fingerprint density at radius 3 is 2.52 bits per heavy atom. The maximum atomic E-state index is 13.3. The third-order valence-corrected chi connectivity index (χ3v) is 7.99. The number of fused-ring (bicyclic) bond motifs is 3. The Morgan fingerprint density at radius 2 is 1.76 bits per heavy atom. The van der Waals surface area contributed by atoms with Gasteiger partial charge in [-0.3, -0.25) is 9.59 Å². The van der Waals surface area contributed by atoms with Gasteiger partial charge in [0.15, 0.2) is 0 Å². The van der Waals surface area contributed by atoms with Crippen molar-refractivity contribution in [1.29, 1.82) is 0 Å². The second-order valence-electron chi connectivity index (χ2n) is 8.81. The lowest BCUT2D eigenvalue weighted by atomic mass is 9.78. The highest BCUT2D eigenvalue weighted by Gasteiger charge is 2.54. The van der Waals surface area contributed by atoms with Crippen LogP contribution in [0.15, 0.2) is 47.8 Å². The Balaban J connectivity index is 1.53. The number of carboxylic acids is 1. The number of hydrogen-bond acceptors (Lipinski definition) is 5. The molecular weight excluding hydrogens is 438 g/mol. The quantitative estimate of drug-likeness (QED) is 0.476. The minimum absolute atomic E-state index is 0.0577. The number of hydrogen-bond donors (Lipinski definition) is 2. The Labute approximate surface area is 195 Å². The Morgan fingerprint density at radius 1 is 1.03 bits per heavy atom. The minimum atomic E-state index is -0.907. The number of benzene rings is 2. The van der Waals surface area contributed by atoms with Crippen molar-refractivity contribution in [3.8, 4) is 11.1 Å². The van der Waals surface area contributed by atoms with Gasteiger partial charge in [-0.05, 0) is 54.4 Å². The Hall–Kier alpha value is -3.19. The van der Waals surface area contributed by atoms with Crippen LogP contribution in [0.25, 0.3) is 21.9 Å². The lowest BCUT2D eigenvalue weighted by Crippen LogP contribution is -2.37. The molecule has 2 aliphatic rings. The molecule has 0 spiro atoms. The summed E-state index contributed by atoms with van der Waals surface area (Å²) in [5.41, 5.74) is 1.91. The van der Waals surface area contributed by atoms with E-state index in [1.807, 2.05) is 47.8 Å². The van der Waals surface area contributed by atoms with E-state index in [2.05, 4.69) is 5.32 Å². The zero-order chi connectivity index (χ0) is 23.1. The van der Waals surface area contributed by atoms with Crippen molar-refractivity contribution in [2.24, 2.45) is 23.7 Å². The summed E-state index contributed by atoms with van der Waals surface area (Å²) >= 11 is 1.27. The molecule has 2 fully saturated rings. The minimum Gasteiger partial charge on any atom is -0.481 e. The van der Waals surface area contributed by atoms with E-state index in [4.69, 9.17) is 4.74 Å². The second-order valence-corrected chi connectivity index (χ2v) is 9.69. The van der Waals surface area contributed by atoms with Gasteiger partial charge < -0.3 is 15.2 Å². The molecule has 2 aromatic carbocycles. The van der Waals surface area contributed by atoms with Crippen LogP contribution in [0.1, 0.15) is 36.5 Å². The lowest BCUT2D eigenvalue weighted by molar-refractivity contribution is -0.148. The molecule has 1 heterocycles. The second kappa shape index (κ2) is 8.63. The molecule has 5 rings (SSSR count). The molecule has 33 heavy (non-hydrogen) atoms. The van der Waals surface area contributed by atoms with E-state index >= 15 is 0 Å². The first-order chi connectivity index (χ1) is 16.0. The number of carbonyl (C=O) groups is 3. The van der Waals surface area contributed by atoms with Crippen LogP contribution in [0, 0.1) is 23.7 Å². The number of carboxylic acid groups (broad SMARTS) is 1.